The lowest BCUT2D eigenvalue weighted by Gasteiger charge is -2.09. The third-order valence-electron chi connectivity index (χ3n) is 3.57. The zero-order valence-corrected chi connectivity index (χ0v) is 10.7. The number of pyridine rings is 2. The summed E-state index contributed by atoms with van der Waals surface area (Å²) in [7, 11) is 0. The third-order valence-corrected chi connectivity index (χ3v) is 3.57. The molecule has 90 valence electrons. The van der Waals surface area contributed by atoms with Crippen LogP contribution in [0.15, 0.2) is 42.6 Å². The summed E-state index contributed by atoms with van der Waals surface area (Å²) < 4.78 is 0. The first-order valence-corrected chi connectivity index (χ1v) is 6.44. The topological polar surface area (TPSA) is 25.8 Å². The second-order valence-corrected chi connectivity index (χ2v) is 4.76. The molecule has 3 aromatic rings. The van der Waals surface area contributed by atoms with E-state index in [1.165, 1.54) is 0 Å². The van der Waals surface area contributed by atoms with Crippen LogP contribution in [0.3, 0.4) is 0 Å². The Labute approximate surface area is 107 Å². The van der Waals surface area contributed by atoms with Crippen LogP contribution >= 0.6 is 0 Å². The van der Waals surface area contributed by atoms with Gasteiger partial charge in [-0.3, -0.25) is 9.97 Å². The minimum atomic E-state index is 0.494. The van der Waals surface area contributed by atoms with E-state index in [9.17, 15) is 0 Å². The minimum absolute atomic E-state index is 0.494. The number of hydrogen-bond donors (Lipinski definition) is 0. The molecule has 3 rings (SSSR count). The molecule has 0 N–H and O–H groups in total. The summed E-state index contributed by atoms with van der Waals surface area (Å²) in [5.74, 6) is 0.494. The van der Waals surface area contributed by atoms with Gasteiger partial charge in [0.15, 0.2) is 0 Å². The van der Waals surface area contributed by atoms with Crippen LogP contribution in [0.2, 0.25) is 0 Å². The van der Waals surface area contributed by atoms with Crippen molar-refractivity contribution in [2.75, 3.05) is 0 Å². The van der Waals surface area contributed by atoms with E-state index >= 15 is 0 Å². The predicted molar refractivity (Wildman–Crippen MR) is 75.8 cm³/mol. The minimum Gasteiger partial charge on any atom is -0.254 e. The van der Waals surface area contributed by atoms with E-state index in [-0.39, 0.29) is 0 Å². The zero-order valence-electron chi connectivity index (χ0n) is 10.7. The second kappa shape index (κ2) is 4.37. The Morgan fingerprint density at radius 3 is 2.50 bits per heavy atom. The van der Waals surface area contributed by atoms with E-state index in [4.69, 9.17) is 4.98 Å². The smallest absolute Gasteiger partial charge is 0.0967 e. The van der Waals surface area contributed by atoms with Gasteiger partial charge in [0.1, 0.15) is 0 Å². The normalized spacial score (nSPS) is 13.0. The Balaban J connectivity index is 2.33. The fourth-order valence-corrected chi connectivity index (χ4v) is 2.22. The van der Waals surface area contributed by atoms with Crippen LogP contribution in [-0.4, -0.2) is 9.97 Å². The van der Waals surface area contributed by atoms with Crippen molar-refractivity contribution in [2.24, 2.45) is 0 Å². The van der Waals surface area contributed by atoms with E-state index in [0.717, 1.165) is 33.9 Å². The van der Waals surface area contributed by atoms with Gasteiger partial charge in [0.2, 0.25) is 0 Å². The van der Waals surface area contributed by atoms with Crippen molar-refractivity contribution in [1.29, 1.82) is 0 Å². The highest BCUT2D eigenvalue weighted by Crippen LogP contribution is 2.25. The molecule has 1 atom stereocenters. The van der Waals surface area contributed by atoms with Gasteiger partial charge in [-0.05, 0) is 24.5 Å². The molecule has 0 radical (unpaired) electrons. The van der Waals surface area contributed by atoms with Crippen molar-refractivity contribution >= 4 is 21.8 Å². The maximum Gasteiger partial charge on any atom is 0.0967 e. The molecule has 0 fully saturated rings. The van der Waals surface area contributed by atoms with Crippen LogP contribution in [0.5, 0.6) is 0 Å². The van der Waals surface area contributed by atoms with Crippen LogP contribution in [0.1, 0.15) is 31.9 Å². The van der Waals surface area contributed by atoms with Crippen molar-refractivity contribution in [3.8, 4) is 0 Å². The number of fused-ring (bicyclic) bond motifs is 3. The zero-order chi connectivity index (χ0) is 12.5. The van der Waals surface area contributed by atoms with Crippen molar-refractivity contribution in [3.63, 3.8) is 0 Å². The van der Waals surface area contributed by atoms with Crippen LogP contribution in [0.25, 0.3) is 21.8 Å². The van der Waals surface area contributed by atoms with Gasteiger partial charge in [-0.1, -0.05) is 38.1 Å². The standard InChI is InChI=1S/C16H16N2/c1-3-11(2)14-9-8-13-7-6-12-5-4-10-17-15(12)16(13)18-14/h4-11H,3H2,1-2H3. The summed E-state index contributed by atoms with van der Waals surface area (Å²) >= 11 is 0. The maximum absolute atomic E-state index is 4.81. The third kappa shape index (κ3) is 1.74. The number of hydrogen-bond acceptors (Lipinski definition) is 2. The van der Waals surface area contributed by atoms with Crippen LogP contribution in [0, 0.1) is 0 Å². The Morgan fingerprint density at radius 2 is 1.72 bits per heavy atom. The summed E-state index contributed by atoms with van der Waals surface area (Å²) in [6, 6.07) is 12.6. The van der Waals surface area contributed by atoms with Gasteiger partial charge in [-0.25, -0.2) is 0 Å². The SMILES string of the molecule is CCC(C)c1ccc2ccc3cccnc3c2n1. The molecule has 0 bridgehead atoms. The highest BCUT2D eigenvalue weighted by molar-refractivity contribution is 6.02. The van der Waals surface area contributed by atoms with Gasteiger partial charge in [0.25, 0.3) is 0 Å². The van der Waals surface area contributed by atoms with E-state index in [0.29, 0.717) is 5.92 Å². The molecule has 0 aliphatic rings. The molecule has 1 unspecified atom stereocenters. The van der Waals surface area contributed by atoms with Crippen LogP contribution < -0.4 is 0 Å². The highest BCUT2D eigenvalue weighted by Gasteiger charge is 2.08. The predicted octanol–water partition coefficient (Wildman–Crippen LogP) is 4.30. The summed E-state index contributed by atoms with van der Waals surface area (Å²) in [6.45, 7) is 4.41. The summed E-state index contributed by atoms with van der Waals surface area (Å²) in [5, 5.41) is 2.31. The van der Waals surface area contributed by atoms with E-state index < -0.39 is 0 Å². The average Bonchev–Trinajstić information content (AvgIpc) is 2.45. The number of nitrogens with zero attached hydrogens (tertiary/aromatic N) is 2. The Morgan fingerprint density at radius 1 is 1.00 bits per heavy atom. The van der Waals surface area contributed by atoms with Crippen LogP contribution in [0.4, 0.5) is 0 Å². The van der Waals surface area contributed by atoms with E-state index in [2.05, 4.69) is 49.2 Å². The molecule has 0 aliphatic heterocycles. The first-order chi connectivity index (χ1) is 8.79. The van der Waals surface area contributed by atoms with Gasteiger partial charge in [0.05, 0.1) is 11.0 Å². The summed E-state index contributed by atoms with van der Waals surface area (Å²) in [4.78, 5) is 9.28. The molecule has 2 heterocycles. The lowest BCUT2D eigenvalue weighted by atomic mass is 10.0. The monoisotopic (exact) mass is 236 g/mol. The average molecular weight is 236 g/mol. The summed E-state index contributed by atoms with van der Waals surface area (Å²) in [6.07, 6.45) is 2.94. The molecular formula is C16H16N2. The lowest BCUT2D eigenvalue weighted by molar-refractivity contribution is 0.712. The molecule has 1 aromatic carbocycles. The van der Waals surface area contributed by atoms with Crippen LogP contribution in [-0.2, 0) is 0 Å². The molecular weight excluding hydrogens is 220 g/mol. The first kappa shape index (κ1) is 11.1. The van der Waals surface area contributed by atoms with Crippen molar-refractivity contribution in [2.45, 2.75) is 26.2 Å². The molecule has 0 spiro atoms. The number of aromatic nitrogens is 2. The first-order valence-electron chi connectivity index (χ1n) is 6.44. The lowest BCUT2D eigenvalue weighted by Crippen LogP contribution is -1.96. The highest BCUT2D eigenvalue weighted by atomic mass is 14.8. The Bertz CT molecular complexity index is 704. The Kier molecular flexibility index (Phi) is 2.71. The van der Waals surface area contributed by atoms with Gasteiger partial charge in [-0.15, -0.1) is 0 Å². The fourth-order valence-electron chi connectivity index (χ4n) is 2.22. The van der Waals surface area contributed by atoms with Crippen molar-refractivity contribution in [1.82, 2.24) is 9.97 Å². The molecule has 2 nitrogen and oxygen atoms in total. The number of rotatable bonds is 2. The van der Waals surface area contributed by atoms with Gasteiger partial charge < -0.3 is 0 Å². The molecule has 18 heavy (non-hydrogen) atoms. The van der Waals surface area contributed by atoms with E-state index in [1.54, 1.807) is 0 Å². The number of benzene rings is 1. The molecule has 0 saturated carbocycles. The molecule has 2 heteroatoms. The fraction of sp³-hybridized carbons (Fsp3) is 0.250. The largest absolute Gasteiger partial charge is 0.254 e. The molecule has 0 amide bonds. The molecule has 2 aromatic heterocycles. The molecule has 0 aliphatic carbocycles. The van der Waals surface area contributed by atoms with Gasteiger partial charge in [-0.2, -0.15) is 0 Å². The maximum atomic E-state index is 4.81. The van der Waals surface area contributed by atoms with Crippen molar-refractivity contribution < 1.29 is 0 Å². The van der Waals surface area contributed by atoms with Gasteiger partial charge in [0, 0.05) is 22.7 Å². The van der Waals surface area contributed by atoms with E-state index in [1.807, 2.05) is 12.3 Å². The quantitative estimate of drug-likeness (QED) is 0.620. The summed E-state index contributed by atoms with van der Waals surface area (Å²) in [5.41, 5.74) is 3.18. The molecule has 0 saturated heterocycles. The van der Waals surface area contributed by atoms with Crippen molar-refractivity contribution in [3.05, 3.63) is 48.3 Å². The van der Waals surface area contributed by atoms with Gasteiger partial charge >= 0.3 is 0 Å². The second-order valence-electron chi connectivity index (χ2n) is 4.76. The Hall–Kier alpha value is -1.96.